The van der Waals surface area contributed by atoms with Crippen molar-refractivity contribution in [1.82, 2.24) is 9.78 Å². The monoisotopic (exact) mass is 270 g/mol. The van der Waals surface area contributed by atoms with E-state index in [0.29, 0.717) is 5.02 Å². The Morgan fingerprint density at radius 2 is 2.00 bits per heavy atom. The molecule has 0 aliphatic carbocycles. The molecule has 0 saturated heterocycles. The molecule has 0 bridgehead atoms. The smallest absolute Gasteiger partial charge is 0.307 e. The summed E-state index contributed by atoms with van der Waals surface area (Å²) in [5, 5.41) is 5.09. The first-order valence-corrected chi connectivity index (χ1v) is 7.13. The van der Waals surface area contributed by atoms with Gasteiger partial charge in [0.25, 0.3) is 0 Å². The second-order valence-electron chi connectivity index (χ2n) is 2.63. The van der Waals surface area contributed by atoms with Crippen molar-refractivity contribution in [2.75, 3.05) is 20.5 Å². The number of halogens is 1. The molecule has 0 aliphatic rings. The van der Waals surface area contributed by atoms with Crippen LogP contribution in [0.25, 0.3) is 0 Å². The Morgan fingerprint density at radius 3 is 2.33 bits per heavy atom. The van der Waals surface area contributed by atoms with Gasteiger partial charge in [0.15, 0.2) is 5.44 Å². The number of hydrogen-bond donors (Lipinski definition) is 0. The predicted octanol–water partition coefficient (Wildman–Crippen LogP) is 1.91. The summed E-state index contributed by atoms with van der Waals surface area (Å²) in [6.45, 7) is 0. The molecule has 5 nitrogen and oxygen atoms in total. The van der Waals surface area contributed by atoms with E-state index in [1.165, 1.54) is 26.0 Å². The Bertz CT molecular complexity index is 401. The SMILES string of the molecule is COP(=O)(OC)c1nn(C)c(SC)c1Cl. The third kappa shape index (κ3) is 2.24. The first-order valence-electron chi connectivity index (χ1n) is 3.98. The largest absolute Gasteiger partial charge is 0.382 e. The molecule has 1 aromatic rings. The van der Waals surface area contributed by atoms with Crippen LogP contribution < -0.4 is 5.44 Å². The minimum absolute atomic E-state index is 0.154. The molecule has 0 aliphatic heterocycles. The molecule has 0 aromatic carbocycles. The summed E-state index contributed by atoms with van der Waals surface area (Å²) in [5.74, 6) is 0. The van der Waals surface area contributed by atoms with Crippen molar-refractivity contribution < 1.29 is 13.6 Å². The van der Waals surface area contributed by atoms with Crippen LogP contribution in [0.2, 0.25) is 5.02 Å². The molecule has 0 fully saturated rings. The van der Waals surface area contributed by atoms with E-state index in [-0.39, 0.29) is 5.44 Å². The molecule has 15 heavy (non-hydrogen) atoms. The van der Waals surface area contributed by atoms with Gasteiger partial charge in [-0.1, -0.05) is 11.6 Å². The maximum absolute atomic E-state index is 12.0. The standard InChI is InChI=1S/C7H12ClN2O3PS/c1-10-7(15-4)5(8)6(9-10)14(11,12-2)13-3/h1-4H3. The summed E-state index contributed by atoms with van der Waals surface area (Å²) in [5.41, 5.74) is 0.154. The van der Waals surface area contributed by atoms with Crippen LogP contribution in [0.3, 0.4) is 0 Å². The lowest BCUT2D eigenvalue weighted by Crippen LogP contribution is -2.11. The number of aromatic nitrogens is 2. The van der Waals surface area contributed by atoms with Gasteiger partial charge in [0.2, 0.25) is 0 Å². The number of rotatable bonds is 4. The van der Waals surface area contributed by atoms with Crippen molar-refractivity contribution in [3.63, 3.8) is 0 Å². The van der Waals surface area contributed by atoms with Gasteiger partial charge in [0.05, 0.1) is 0 Å². The number of nitrogens with zero attached hydrogens (tertiary/aromatic N) is 2. The molecule has 0 radical (unpaired) electrons. The zero-order valence-corrected chi connectivity index (χ0v) is 11.3. The van der Waals surface area contributed by atoms with E-state index < -0.39 is 7.60 Å². The zero-order chi connectivity index (χ0) is 11.6. The Morgan fingerprint density at radius 1 is 1.47 bits per heavy atom. The molecular formula is C7H12ClN2O3PS. The van der Waals surface area contributed by atoms with Crippen LogP contribution in [0.15, 0.2) is 5.03 Å². The van der Waals surface area contributed by atoms with Crippen molar-refractivity contribution in [2.45, 2.75) is 5.03 Å². The number of hydrogen-bond acceptors (Lipinski definition) is 5. The Kier molecular flexibility index (Phi) is 4.26. The van der Waals surface area contributed by atoms with E-state index in [1.54, 1.807) is 11.7 Å². The molecule has 0 unspecified atom stereocenters. The van der Waals surface area contributed by atoms with E-state index in [9.17, 15) is 4.57 Å². The van der Waals surface area contributed by atoms with Gasteiger partial charge in [-0.2, -0.15) is 5.10 Å². The van der Waals surface area contributed by atoms with Gasteiger partial charge in [-0.3, -0.25) is 9.25 Å². The van der Waals surface area contributed by atoms with Gasteiger partial charge in [-0.15, -0.1) is 11.8 Å². The van der Waals surface area contributed by atoms with Crippen LogP contribution >= 0.6 is 31.0 Å². The van der Waals surface area contributed by atoms with Crippen LogP contribution in [0.5, 0.6) is 0 Å². The van der Waals surface area contributed by atoms with Crippen LogP contribution in [0, 0.1) is 0 Å². The van der Waals surface area contributed by atoms with Gasteiger partial charge >= 0.3 is 7.60 Å². The number of aryl methyl sites for hydroxylation is 1. The fourth-order valence-electron chi connectivity index (χ4n) is 1.11. The quantitative estimate of drug-likeness (QED) is 0.618. The van der Waals surface area contributed by atoms with Gasteiger partial charge in [0, 0.05) is 21.3 Å². The lowest BCUT2D eigenvalue weighted by atomic mass is 10.7. The summed E-state index contributed by atoms with van der Waals surface area (Å²) in [6, 6.07) is 0. The molecule has 0 saturated carbocycles. The van der Waals surface area contributed by atoms with Crippen molar-refractivity contribution in [3.05, 3.63) is 5.02 Å². The second-order valence-corrected chi connectivity index (χ2v) is 5.95. The second kappa shape index (κ2) is 4.89. The van der Waals surface area contributed by atoms with E-state index in [0.717, 1.165) is 5.03 Å². The molecule has 86 valence electrons. The average molecular weight is 271 g/mol. The Labute approximate surface area is 97.6 Å². The molecular weight excluding hydrogens is 259 g/mol. The summed E-state index contributed by atoms with van der Waals surface area (Å²) in [4.78, 5) is 0. The summed E-state index contributed by atoms with van der Waals surface area (Å²) in [6.07, 6.45) is 1.86. The third-order valence-corrected chi connectivity index (χ3v) is 5.11. The van der Waals surface area contributed by atoms with Crippen LogP contribution in [0.1, 0.15) is 0 Å². The summed E-state index contributed by atoms with van der Waals surface area (Å²) >= 11 is 7.45. The first kappa shape index (κ1) is 13.1. The highest BCUT2D eigenvalue weighted by Gasteiger charge is 2.33. The topological polar surface area (TPSA) is 53.4 Å². The van der Waals surface area contributed by atoms with Crippen molar-refractivity contribution in [1.29, 1.82) is 0 Å². The molecule has 1 aromatic heterocycles. The van der Waals surface area contributed by atoms with E-state index in [4.69, 9.17) is 20.6 Å². The first-order chi connectivity index (χ1) is 7.00. The molecule has 0 atom stereocenters. The van der Waals surface area contributed by atoms with Crippen molar-refractivity contribution in [3.8, 4) is 0 Å². The highest BCUT2D eigenvalue weighted by Crippen LogP contribution is 2.47. The van der Waals surface area contributed by atoms with Gasteiger partial charge in [-0.25, -0.2) is 0 Å². The van der Waals surface area contributed by atoms with Gasteiger partial charge in [-0.05, 0) is 6.26 Å². The van der Waals surface area contributed by atoms with Crippen molar-refractivity contribution in [2.24, 2.45) is 7.05 Å². The minimum Gasteiger partial charge on any atom is -0.307 e. The number of thioether (sulfide) groups is 1. The molecule has 0 N–H and O–H groups in total. The highest BCUT2D eigenvalue weighted by molar-refractivity contribution is 7.98. The van der Waals surface area contributed by atoms with Crippen LogP contribution in [-0.4, -0.2) is 30.3 Å². The normalized spacial score (nSPS) is 12.1. The molecule has 1 rings (SSSR count). The molecule has 0 spiro atoms. The summed E-state index contributed by atoms with van der Waals surface area (Å²) < 4.78 is 23.3. The van der Waals surface area contributed by atoms with E-state index in [1.807, 2.05) is 6.26 Å². The van der Waals surface area contributed by atoms with Crippen molar-refractivity contribution >= 4 is 36.4 Å². The van der Waals surface area contributed by atoms with Crippen LogP contribution in [0.4, 0.5) is 0 Å². The highest BCUT2D eigenvalue weighted by atomic mass is 35.5. The van der Waals surface area contributed by atoms with Gasteiger partial charge < -0.3 is 9.05 Å². The minimum atomic E-state index is -3.37. The Hall–Kier alpha value is -0.0000000000000000555. The lowest BCUT2D eigenvalue weighted by Gasteiger charge is -2.10. The molecule has 1 heterocycles. The zero-order valence-electron chi connectivity index (χ0n) is 8.85. The maximum Gasteiger partial charge on any atom is 0.382 e. The molecule has 8 heteroatoms. The maximum atomic E-state index is 12.0. The fraction of sp³-hybridized carbons (Fsp3) is 0.571. The predicted molar refractivity (Wildman–Crippen MR) is 61.3 cm³/mol. The third-order valence-electron chi connectivity index (χ3n) is 1.86. The summed E-state index contributed by atoms with van der Waals surface area (Å²) in [7, 11) is 0.951. The molecule has 0 amide bonds. The fourth-order valence-corrected chi connectivity index (χ4v) is 3.56. The van der Waals surface area contributed by atoms with Gasteiger partial charge in [0.1, 0.15) is 10.0 Å². The average Bonchev–Trinajstić information content (AvgIpc) is 2.53. The van der Waals surface area contributed by atoms with E-state index in [2.05, 4.69) is 5.10 Å². The van der Waals surface area contributed by atoms with E-state index >= 15 is 0 Å². The van der Waals surface area contributed by atoms with Crippen LogP contribution in [-0.2, 0) is 20.7 Å². The Balaban J connectivity index is 3.33. The lowest BCUT2D eigenvalue weighted by molar-refractivity contribution is 0.286.